The van der Waals surface area contributed by atoms with Crippen molar-refractivity contribution in [1.82, 2.24) is 20.3 Å². The van der Waals surface area contributed by atoms with Crippen LogP contribution in [0, 0.1) is 0 Å². The molecule has 1 aromatic rings. The number of sulfonamides is 1. The van der Waals surface area contributed by atoms with Crippen LogP contribution in [-0.4, -0.2) is 64.5 Å². The Labute approximate surface area is 174 Å². The number of benzene rings is 1. The largest absolute Gasteiger partial charge is 0.352 e. The average Bonchev–Trinajstić information content (AvgIpc) is 3.18. The highest BCUT2D eigenvalue weighted by Gasteiger charge is 2.23. The lowest BCUT2D eigenvalue weighted by atomic mass is 10.2. The Morgan fingerprint density at radius 3 is 2.61 bits per heavy atom. The van der Waals surface area contributed by atoms with Crippen LogP contribution in [0.3, 0.4) is 0 Å². The number of nitrogens with zero attached hydrogens (tertiary/aromatic N) is 1. The Bertz CT molecular complexity index is 732. The maximum atomic E-state index is 12.5. The molecule has 0 bridgehead atoms. The molecule has 1 aliphatic carbocycles. The molecule has 7 nitrogen and oxygen atoms in total. The van der Waals surface area contributed by atoms with Crippen LogP contribution in [0.1, 0.15) is 42.5 Å². The Hall–Kier alpha value is -1.19. The molecule has 3 N–H and O–H groups in total. The standard InChI is InChI=1S/C19H30N4O3S.ClH/c24-19(21-9-4-12-23-13-10-20-11-14-23)16-5-3-8-18(15-16)27(25,26)22-17-6-1-2-7-17;/h3,5,8,15,17,20,22H,1-2,4,6-7,9-14H2,(H,21,24);1H. The van der Waals surface area contributed by atoms with E-state index in [9.17, 15) is 13.2 Å². The molecule has 1 saturated heterocycles. The summed E-state index contributed by atoms with van der Waals surface area (Å²) in [6.45, 7) is 5.66. The first-order valence-corrected chi connectivity index (χ1v) is 11.4. The van der Waals surface area contributed by atoms with E-state index in [2.05, 4.69) is 20.3 Å². The maximum absolute atomic E-state index is 12.5. The molecule has 0 radical (unpaired) electrons. The van der Waals surface area contributed by atoms with Gasteiger partial charge in [0.1, 0.15) is 0 Å². The topological polar surface area (TPSA) is 90.5 Å². The number of rotatable bonds is 8. The Kier molecular flexibility index (Phi) is 9.17. The number of piperazine rings is 1. The van der Waals surface area contributed by atoms with E-state index in [1.54, 1.807) is 18.2 Å². The molecule has 3 rings (SSSR count). The molecule has 0 atom stereocenters. The third-order valence-electron chi connectivity index (χ3n) is 5.23. The van der Waals surface area contributed by atoms with Crippen LogP contribution in [0.2, 0.25) is 0 Å². The lowest BCUT2D eigenvalue weighted by Crippen LogP contribution is -2.44. The van der Waals surface area contributed by atoms with Crippen LogP contribution < -0.4 is 15.4 Å². The van der Waals surface area contributed by atoms with Gasteiger partial charge in [-0.25, -0.2) is 13.1 Å². The van der Waals surface area contributed by atoms with E-state index in [1.807, 2.05) is 0 Å². The number of carbonyl (C=O) groups excluding carboxylic acids is 1. The minimum atomic E-state index is -3.58. The number of halogens is 1. The first kappa shape index (κ1) is 23.1. The van der Waals surface area contributed by atoms with Crippen molar-refractivity contribution in [3.8, 4) is 0 Å². The summed E-state index contributed by atoms with van der Waals surface area (Å²) in [7, 11) is -3.58. The quantitative estimate of drug-likeness (QED) is 0.542. The van der Waals surface area contributed by atoms with E-state index in [-0.39, 0.29) is 29.3 Å². The van der Waals surface area contributed by atoms with Gasteiger partial charge < -0.3 is 15.5 Å². The summed E-state index contributed by atoms with van der Waals surface area (Å²) in [5.41, 5.74) is 0.381. The van der Waals surface area contributed by atoms with Crippen molar-refractivity contribution in [3.05, 3.63) is 29.8 Å². The molecule has 0 spiro atoms. The van der Waals surface area contributed by atoms with E-state index in [0.29, 0.717) is 12.1 Å². The van der Waals surface area contributed by atoms with E-state index in [4.69, 9.17) is 0 Å². The van der Waals surface area contributed by atoms with Crippen molar-refractivity contribution in [3.63, 3.8) is 0 Å². The van der Waals surface area contributed by atoms with Gasteiger partial charge in [0.05, 0.1) is 4.90 Å². The Balaban J connectivity index is 0.00000280. The van der Waals surface area contributed by atoms with Crippen molar-refractivity contribution in [2.24, 2.45) is 0 Å². The van der Waals surface area contributed by atoms with Gasteiger partial charge in [0, 0.05) is 44.3 Å². The highest BCUT2D eigenvalue weighted by atomic mass is 35.5. The molecule has 28 heavy (non-hydrogen) atoms. The zero-order valence-electron chi connectivity index (χ0n) is 16.2. The molecule has 158 valence electrons. The summed E-state index contributed by atoms with van der Waals surface area (Å²) < 4.78 is 27.8. The van der Waals surface area contributed by atoms with Gasteiger partial charge in [-0.05, 0) is 44.0 Å². The summed E-state index contributed by atoms with van der Waals surface area (Å²) in [4.78, 5) is 14.9. The molecular weight excluding hydrogens is 400 g/mol. The van der Waals surface area contributed by atoms with Gasteiger partial charge >= 0.3 is 0 Å². The minimum absolute atomic E-state index is 0. The van der Waals surface area contributed by atoms with Crippen LogP contribution in [0.5, 0.6) is 0 Å². The van der Waals surface area contributed by atoms with Gasteiger partial charge in [0.2, 0.25) is 10.0 Å². The zero-order valence-corrected chi connectivity index (χ0v) is 17.8. The van der Waals surface area contributed by atoms with Gasteiger partial charge in [-0.2, -0.15) is 0 Å². The fourth-order valence-corrected chi connectivity index (χ4v) is 5.03. The number of hydrogen-bond donors (Lipinski definition) is 3. The lowest BCUT2D eigenvalue weighted by molar-refractivity contribution is 0.0951. The van der Waals surface area contributed by atoms with E-state index in [0.717, 1.165) is 64.8 Å². The monoisotopic (exact) mass is 430 g/mol. The second kappa shape index (κ2) is 11.1. The normalized spacial score (nSPS) is 18.6. The highest BCUT2D eigenvalue weighted by Crippen LogP contribution is 2.20. The van der Waals surface area contributed by atoms with E-state index < -0.39 is 10.0 Å². The van der Waals surface area contributed by atoms with Crippen molar-refractivity contribution < 1.29 is 13.2 Å². The summed E-state index contributed by atoms with van der Waals surface area (Å²) in [6.07, 6.45) is 4.76. The Morgan fingerprint density at radius 1 is 1.18 bits per heavy atom. The second-order valence-electron chi connectivity index (χ2n) is 7.33. The van der Waals surface area contributed by atoms with Crippen molar-refractivity contribution in [2.45, 2.75) is 43.0 Å². The van der Waals surface area contributed by atoms with Gasteiger partial charge in [-0.15, -0.1) is 12.4 Å². The molecule has 0 unspecified atom stereocenters. The van der Waals surface area contributed by atoms with Crippen LogP contribution in [0.15, 0.2) is 29.2 Å². The average molecular weight is 431 g/mol. The summed E-state index contributed by atoms with van der Waals surface area (Å²) >= 11 is 0. The van der Waals surface area contributed by atoms with Gasteiger partial charge in [-0.3, -0.25) is 4.79 Å². The van der Waals surface area contributed by atoms with Crippen LogP contribution in [-0.2, 0) is 10.0 Å². The zero-order chi connectivity index (χ0) is 19.1. The van der Waals surface area contributed by atoms with Crippen LogP contribution in [0.25, 0.3) is 0 Å². The predicted molar refractivity (Wildman–Crippen MR) is 113 cm³/mol. The first-order valence-electron chi connectivity index (χ1n) is 9.88. The number of nitrogens with one attached hydrogen (secondary N) is 3. The SMILES string of the molecule is Cl.O=C(NCCCN1CCNCC1)c1cccc(S(=O)(=O)NC2CCCC2)c1. The third kappa shape index (κ3) is 6.70. The molecular formula is C19H31ClN4O3S. The van der Waals surface area contributed by atoms with E-state index >= 15 is 0 Å². The first-order chi connectivity index (χ1) is 13.0. The summed E-state index contributed by atoms with van der Waals surface area (Å²) in [6, 6.07) is 6.29. The lowest BCUT2D eigenvalue weighted by Gasteiger charge is -2.27. The Morgan fingerprint density at radius 2 is 1.89 bits per heavy atom. The van der Waals surface area contributed by atoms with Gasteiger partial charge in [0.15, 0.2) is 0 Å². The molecule has 2 fully saturated rings. The second-order valence-corrected chi connectivity index (χ2v) is 9.05. The van der Waals surface area contributed by atoms with Crippen LogP contribution in [0.4, 0.5) is 0 Å². The van der Waals surface area contributed by atoms with E-state index in [1.165, 1.54) is 6.07 Å². The third-order valence-corrected chi connectivity index (χ3v) is 6.75. The number of carbonyl (C=O) groups is 1. The fourth-order valence-electron chi connectivity index (χ4n) is 3.68. The van der Waals surface area contributed by atoms with Gasteiger partial charge in [-0.1, -0.05) is 18.9 Å². The molecule has 2 aliphatic rings. The molecule has 1 aliphatic heterocycles. The molecule has 0 aromatic heterocycles. The molecule has 9 heteroatoms. The number of hydrogen-bond acceptors (Lipinski definition) is 5. The predicted octanol–water partition coefficient (Wildman–Crippen LogP) is 1.35. The van der Waals surface area contributed by atoms with Crippen molar-refractivity contribution >= 4 is 28.3 Å². The minimum Gasteiger partial charge on any atom is -0.352 e. The summed E-state index contributed by atoms with van der Waals surface area (Å²) in [5.74, 6) is -0.228. The maximum Gasteiger partial charge on any atom is 0.251 e. The smallest absolute Gasteiger partial charge is 0.251 e. The molecule has 1 amide bonds. The highest BCUT2D eigenvalue weighted by molar-refractivity contribution is 7.89. The molecule has 1 aromatic carbocycles. The van der Waals surface area contributed by atoms with Crippen LogP contribution >= 0.6 is 12.4 Å². The summed E-state index contributed by atoms with van der Waals surface area (Å²) in [5, 5.41) is 6.21. The molecule has 1 saturated carbocycles. The fraction of sp³-hybridized carbons (Fsp3) is 0.632. The molecule has 1 heterocycles. The van der Waals surface area contributed by atoms with Gasteiger partial charge in [0.25, 0.3) is 5.91 Å². The van der Waals surface area contributed by atoms with Crippen molar-refractivity contribution in [1.29, 1.82) is 0 Å². The number of amides is 1. The van der Waals surface area contributed by atoms with Crippen molar-refractivity contribution in [2.75, 3.05) is 39.3 Å².